The summed E-state index contributed by atoms with van der Waals surface area (Å²) in [4.78, 5) is 10.6. The number of ether oxygens (including phenoxy) is 1. The summed E-state index contributed by atoms with van der Waals surface area (Å²) in [6, 6.07) is 15.9. The molecule has 2 heterocycles. The molecule has 0 fully saturated rings. The quantitative estimate of drug-likeness (QED) is 0.588. The van der Waals surface area contributed by atoms with Crippen molar-refractivity contribution in [2.75, 3.05) is 19.8 Å². The fourth-order valence-corrected chi connectivity index (χ4v) is 3.55. The van der Waals surface area contributed by atoms with Crippen molar-refractivity contribution in [1.29, 1.82) is 0 Å². The third kappa shape index (κ3) is 4.25. The van der Waals surface area contributed by atoms with Gasteiger partial charge >= 0.3 is 0 Å². The summed E-state index contributed by atoms with van der Waals surface area (Å²) in [6.45, 7) is 3.05. The summed E-state index contributed by atoms with van der Waals surface area (Å²) in [5, 5.41) is 18.2. The summed E-state index contributed by atoms with van der Waals surface area (Å²) in [5.74, 6) is 1.65. The largest absolute Gasteiger partial charge is 0.491 e. The molecule has 0 radical (unpaired) electrons. The van der Waals surface area contributed by atoms with Crippen molar-refractivity contribution in [3.05, 3.63) is 71.0 Å². The van der Waals surface area contributed by atoms with Crippen LogP contribution in [0.15, 0.2) is 48.5 Å². The van der Waals surface area contributed by atoms with E-state index < -0.39 is 0 Å². The number of aliphatic hydroxyl groups excluding tert-OH is 2. The van der Waals surface area contributed by atoms with Gasteiger partial charge in [-0.2, -0.15) is 0 Å². The first-order chi connectivity index (χ1) is 13.7. The van der Waals surface area contributed by atoms with Crippen LogP contribution in [0.3, 0.4) is 0 Å². The molecule has 0 unspecified atom stereocenters. The minimum atomic E-state index is 0.0221. The second kappa shape index (κ2) is 8.56. The van der Waals surface area contributed by atoms with E-state index in [2.05, 4.69) is 22.0 Å². The zero-order valence-corrected chi connectivity index (χ0v) is 15.8. The Bertz CT molecular complexity index is 921. The van der Waals surface area contributed by atoms with Gasteiger partial charge in [0, 0.05) is 31.6 Å². The number of aromatic amines is 1. The van der Waals surface area contributed by atoms with Crippen molar-refractivity contribution in [3.8, 4) is 17.1 Å². The molecule has 1 aliphatic rings. The number of aromatic nitrogens is 2. The smallest absolute Gasteiger partial charge is 0.137 e. The van der Waals surface area contributed by atoms with Crippen LogP contribution in [0.1, 0.15) is 22.5 Å². The van der Waals surface area contributed by atoms with Crippen molar-refractivity contribution in [1.82, 2.24) is 14.9 Å². The van der Waals surface area contributed by atoms with Crippen molar-refractivity contribution in [3.63, 3.8) is 0 Å². The maximum Gasteiger partial charge on any atom is 0.137 e. The SMILES string of the molecule is OCCOc1ccc(CN2CCc3nc(-c4cccc(CO)c4)[nH]c3C2)cc1. The second-order valence-corrected chi connectivity index (χ2v) is 7.05. The third-order valence-corrected chi connectivity index (χ3v) is 4.98. The van der Waals surface area contributed by atoms with Crippen molar-refractivity contribution in [2.24, 2.45) is 0 Å². The van der Waals surface area contributed by atoms with Crippen LogP contribution in [0, 0.1) is 0 Å². The van der Waals surface area contributed by atoms with Crippen LogP contribution < -0.4 is 4.74 Å². The summed E-state index contributed by atoms with van der Waals surface area (Å²) >= 11 is 0. The number of fused-ring (bicyclic) bond motifs is 1. The minimum absolute atomic E-state index is 0.0221. The van der Waals surface area contributed by atoms with E-state index in [1.165, 1.54) is 11.3 Å². The molecule has 0 saturated heterocycles. The molecule has 3 N–H and O–H groups in total. The number of rotatable bonds is 7. The van der Waals surface area contributed by atoms with Gasteiger partial charge in [0.1, 0.15) is 18.2 Å². The summed E-state index contributed by atoms with van der Waals surface area (Å²) < 4.78 is 5.42. The Hall–Kier alpha value is -2.67. The molecular weight excluding hydrogens is 354 g/mol. The first-order valence-electron chi connectivity index (χ1n) is 9.58. The van der Waals surface area contributed by atoms with Crippen LogP contribution in [0.4, 0.5) is 0 Å². The molecule has 0 spiro atoms. The van der Waals surface area contributed by atoms with Gasteiger partial charge in [0.05, 0.1) is 24.6 Å². The molecule has 0 aliphatic carbocycles. The monoisotopic (exact) mass is 379 g/mol. The molecule has 6 nitrogen and oxygen atoms in total. The molecule has 1 aliphatic heterocycles. The number of imidazole rings is 1. The first-order valence-corrected chi connectivity index (χ1v) is 9.58. The lowest BCUT2D eigenvalue weighted by Gasteiger charge is -2.26. The number of nitrogens with one attached hydrogen (secondary N) is 1. The molecule has 4 rings (SSSR count). The highest BCUT2D eigenvalue weighted by Gasteiger charge is 2.20. The number of nitrogens with zero attached hydrogens (tertiary/aromatic N) is 2. The first kappa shape index (κ1) is 18.7. The predicted octanol–water partition coefficient (Wildman–Crippen LogP) is 2.50. The standard InChI is InChI=1S/C22H25N3O3/c26-10-11-28-19-6-4-16(5-7-19)13-25-9-8-20-21(14-25)24-22(23-20)18-3-1-2-17(12-18)15-27/h1-7,12,26-27H,8-11,13-15H2,(H,23,24). The highest BCUT2D eigenvalue weighted by molar-refractivity contribution is 5.57. The van der Waals surface area contributed by atoms with Crippen molar-refractivity contribution >= 4 is 0 Å². The van der Waals surface area contributed by atoms with Gasteiger partial charge in [-0.25, -0.2) is 4.98 Å². The fraction of sp³-hybridized carbons (Fsp3) is 0.318. The van der Waals surface area contributed by atoms with Crippen molar-refractivity contribution < 1.29 is 14.9 Å². The maximum atomic E-state index is 9.35. The zero-order chi connectivity index (χ0) is 19.3. The van der Waals surface area contributed by atoms with Gasteiger partial charge in [0.2, 0.25) is 0 Å². The molecule has 146 valence electrons. The molecule has 6 heteroatoms. The van der Waals surface area contributed by atoms with Crippen LogP contribution in [0.2, 0.25) is 0 Å². The van der Waals surface area contributed by atoms with Crippen LogP contribution in [0.5, 0.6) is 5.75 Å². The summed E-state index contributed by atoms with van der Waals surface area (Å²) in [6.07, 6.45) is 0.920. The summed E-state index contributed by atoms with van der Waals surface area (Å²) in [7, 11) is 0. The number of benzene rings is 2. The van der Waals surface area contributed by atoms with E-state index in [0.717, 1.165) is 54.4 Å². The van der Waals surface area contributed by atoms with Gasteiger partial charge in [-0.3, -0.25) is 4.90 Å². The van der Waals surface area contributed by atoms with Gasteiger partial charge in [0.15, 0.2) is 0 Å². The van der Waals surface area contributed by atoms with Gasteiger partial charge in [-0.05, 0) is 29.3 Å². The number of hydrogen-bond acceptors (Lipinski definition) is 5. The van der Waals surface area contributed by atoms with E-state index in [-0.39, 0.29) is 13.2 Å². The van der Waals surface area contributed by atoms with Crippen LogP contribution in [-0.2, 0) is 26.1 Å². The van der Waals surface area contributed by atoms with E-state index in [1.807, 2.05) is 36.4 Å². The topological polar surface area (TPSA) is 81.6 Å². The zero-order valence-electron chi connectivity index (χ0n) is 15.8. The Balaban J connectivity index is 1.42. The molecular formula is C22H25N3O3. The minimum Gasteiger partial charge on any atom is -0.491 e. The lowest BCUT2D eigenvalue weighted by molar-refractivity contribution is 0.201. The third-order valence-electron chi connectivity index (χ3n) is 4.98. The average Bonchev–Trinajstić information content (AvgIpc) is 3.17. The Kier molecular flexibility index (Phi) is 5.71. The number of H-pyrrole nitrogens is 1. The molecule has 28 heavy (non-hydrogen) atoms. The predicted molar refractivity (Wildman–Crippen MR) is 107 cm³/mol. The van der Waals surface area contributed by atoms with E-state index in [1.54, 1.807) is 0 Å². The Morgan fingerprint density at radius 1 is 1.07 bits per heavy atom. The molecule has 0 bridgehead atoms. The molecule has 3 aromatic rings. The van der Waals surface area contributed by atoms with Gasteiger partial charge in [-0.1, -0.05) is 30.3 Å². The lowest BCUT2D eigenvalue weighted by atomic mass is 10.1. The molecule has 2 aromatic carbocycles. The maximum absolute atomic E-state index is 9.35. The Labute approximate surface area is 164 Å². The Morgan fingerprint density at radius 2 is 1.93 bits per heavy atom. The van der Waals surface area contributed by atoms with Crippen LogP contribution >= 0.6 is 0 Å². The molecule has 0 atom stereocenters. The fourth-order valence-electron chi connectivity index (χ4n) is 3.55. The lowest BCUT2D eigenvalue weighted by Crippen LogP contribution is -2.30. The molecule has 1 aromatic heterocycles. The van der Waals surface area contributed by atoms with Crippen LogP contribution in [-0.4, -0.2) is 44.8 Å². The van der Waals surface area contributed by atoms with E-state index in [9.17, 15) is 5.11 Å². The molecule has 0 amide bonds. The van der Waals surface area contributed by atoms with Crippen molar-refractivity contribution in [2.45, 2.75) is 26.1 Å². The Morgan fingerprint density at radius 3 is 2.71 bits per heavy atom. The second-order valence-electron chi connectivity index (χ2n) is 7.05. The highest BCUT2D eigenvalue weighted by atomic mass is 16.5. The number of aliphatic hydroxyl groups is 2. The van der Waals surface area contributed by atoms with Crippen LogP contribution in [0.25, 0.3) is 11.4 Å². The molecule has 0 saturated carbocycles. The van der Waals surface area contributed by atoms with E-state index in [4.69, 9.17) is 14.8 Å². The highest BCUT2D eigenvalue weighted by Crippen LogP contribution is 2.24. The normalized spacial score (nSPS) is 14.1. The van der Waals surface area contributed by atoms with Gasteiger partial charge < -0.3 is 19.9 Å². The van der Waals surface area contributed by atoms with Gasteiger partial charge in [-0.15, -0.1) is 0 Å². The van der Waals surface area contributed by atoms with Gasteiger partial charge in [0.25, 0.3) is 0 Å². The summed E-state index contributed by atoms with van der Waals surface area (Å²) in [5.41, 5.74) is 5.42. The number of hydrogen-bond donors (Lipinski definition) is 3. The average molecular weight is 379 g/mol. The van der Waals surface area contributed by atoms with E-state index in [0.29, 0.717) is 6.61 Å². The van der Waals surface area contributed by atoms with E-state index >= 15 is 0 Å².